The van der Waals surface area contributed by atoms with Gasteiger partial charge in [-0.25, -0.2) is 0 Å². The fraction of sp³-hybridized carbons (Fsp3) is 0.929. The summed E-state index contributed by atoms with van der Waals surface area (Å²) in [6.07, 6.45) is 4.03. The van der Waals surface area contributed by atoms with E-state index < -0.39 is 0 Å². The lowest BCUT2D eigenvalue weighted by molar-refractivity contribution is -0.133. The number of nitrogens with one attached hydrogen (secondary N) is 1. The van der Waals surface area contributed by atoms with Crippen LogP contribution in [0.4, 0.5) is 0 Å². The van der Waals surface area contributed by atoms with Gasteiger partial charge in [0.1, 0.15) is 0 Å². The van der Waals surface area contributed by atoms with Crippen molar-refractivity contribution in [3.05, 3.63) is 0 Å². The summed E-state index contributed by atoms with van der Waals surface area (Å²) >= 11 is 0. The molecule has 0 aliphatic heterocycles. The number of nitrogens with two attached hydrogens (primary N) is 1. The Balaban J connectivity index is 2.51. The number of ether oxygens (including phenoxy) is 1. The van der Waals surface area contributed by atoms with Gasteiger partial charge in [-0.15, -0.1) is 0 Å². The van der Waals surface area contributed by atoms with Crippen molar-refractivity contribution in [2.45, 2.75) is 52.5 Å². The second kappa shape index (κ2) is 7.10. The molecular weight excluding hydrogens is 228 g/mol. The van der Waals surface area contributed by atoms with Crippen LogP contribution < -0.4 is 11.1 Å². The van der Waals surface area contributed by atoms with Gasteiger partial charge in [0.05, 0.1) is 12.0 Å². The molecule has 1 amide bonds. The van der Waals surface area contributed by atoms with Gasteiger partial charge >= 0.3 is 0 Å². The summed E-state index contributed by atoms with van der Waals surface area (Å²) in [6.45, 7) is 7.88. The van der Waals surface area contributed by atoms with E-state index >= 15 is 0 Å². The third-order valence-electron chi connectivity index (χ3n) is 4.05. The molecule has 0 bridgehead atoms. The van der Waals surface area contributed by atoms with Gasteiger partial charge in [-0.2, -0.15) is 0 Å². The second-order valence-electron chi connectivity index (χ2n) is 5.70. The molecule has 0 aromatic heterocycles. The Morgan fingerprint density at radius 3 is 2.61 bits per heavy atom. The maximum atomic E-state index is 12.4. The van der Waals surface area contributed by atoms with Gasteiger partial charge in [0.25, 0.3) is 0 Å². The zero-order chi connectivity index (χ0) is 13.6. The molecule has 1 atom stereocenters. The van der Waals surface area contributed by atoms with Crippen molar-refractivity contribution in [1.29, 1.82) is 0 Å². The molecule has 1 unspecified atom stereocenters. The molecule has 0 heterocycles. The lowest BCUT2D eigenvalue weighted by atomic mass is 9.70. The molecular formula is C14H28N2O2. The molecule has 0 saturated heterocycles. The molecule has 4 heteroatoms. The van der Waals surface area contributed by atoms with E-state index in [9.17, 15) is 4.79 Å². The third-order valence-corrected chi connectivity index (χ3v) is 4.05. The molecule has 1 aliphatic carbocycles. The van der Waals surface area contributed by atoms with Crippen LogP contribution in [0.1, 0.15) is 46.5 Å². The van der Waals surface area contributed by atoms with Crippen molar-refractivity contribution in [2.24, 2.45) is 17.1 Å². The summed E-state index contributed by atoms with van der Waals surface area (Å²) in [4.78, 5) is 12.4. The average Bonchev–Trinajstić information content (AvgIpc) is 2.37. The summed E-state index contributed by atoms with van der Waals surface area (Å²) < 4.78 is 5.32. The molecule has 4 nitrogen and oxygen atoms in total. The molecule has 0 aromatic rings. The van der Waals surface area contributed by atoms with E-state index in [1.807, 2.05) is 13.8 Å². The molecule has 0 radical (unpaired) electrons. The van der Waals surface area contributed by atoms with Gasteiger partial charge in [-0.05, 0) is 45.4 Å². The lowest BCUT2D eigenvalue weighted by Crippen LogP contribution is -2.51. The Kier molecular flexibility index (Phi) is 6.09. The summed E-state index contributed by atoms with van der Waals surface area (Å²) in [5.41, 5.74) is 5.53. The smallest absolute Gasteiger partial charge is 0.227 e. The maximum absolute atomic E-state index is 12.4. The van der Waals surface area contributed by atoms with Gasteiger partial charge in [0, 0.05) is 19.2 Å². The maximum Gasteiger partial charge on any atom is 0.227 e. The van der Waals surface area contributed by atoms with Crippen LogP contribution >= 0.6 is 0 Å². The van der Waals surface area contributed by atoms with E-state index in [4.69, 9.17) is 10.5 Å². The summed E-state index contributed by atoms with van der Waals surface area (Å²) in [5.74, 6) is 0.836. The van der Waals surface area contributed by atoms with E-state index in [-0.39, 0.29) is 17.4 Å². The van der Waals surface area contributed by atoms with Crippen molar-refractivity contribution >= 4 is 5.91 Å². The summed E-state index contributed by atoms with van der Waals surface area (Å²) in [5, 5.41) is 3.05. The fourth-order valence-corrected chi connectivity index (χ4v) is 2.55. The van der Waals surface area contributed by atoms with Gasteiger partial charge in [0.15, 0.2) is 0 Å². The Morgan fingerprint density at radius 1 is 1.50 bits per heavy atom. The molecule has 0 spiro atoms. The van der Waals surface area contributed by atoms with Crippen molar-refractivity contribution in [1.82, 2.24) is 5.32 Å². The van der Waals surface area contributed by atoms with E-state index in [2.05, 4.69) is 12.2 Å². The summed E-state index contributed by atoms with van der Waals surface area (Å²) in [6, 6.07) is 0.0558. The minimum Gasteiger partial charge on any atom is -0.380 e. The van der Waals surface area contributed by atoms with E-state index in [1.54, 1.807) is 0 Å². The number of carbonyl (C=O) groups excluding carboxylic acids is 1. The number of carbonyl (C=O) groups is 1. The third kappa shape index (κ3) is 3.95. The first-order valence-electron chi connectivity index (χ1n) is 7.13. The molecule has 0 aromatic carbocycles. The minimum absolute atomic E-state index is 0.0558. The zero-order valence-corrected chi connectivity index (χ0v) is 12.0. The predicted octanol–water partition coefficient (Wildman–Crippen LogP) is 1.68. The Hall–Kier alpha value is -0.610. The first kappa shape index (κ1) is 15.4. The van der Waals surface area contributed by atoms with Gasteiger partial charge < -0.3 is 15.8 Å². The van der Waals surface area contributed by atoms with Crippen LogP contribution in [0.2, 0.25) is 0 Å². The van der Waals surface area contributed by atoms with Crippen LogP contribution in [0, 0.1) is 11.3 Å². The number of rotatable bonds is 6. The number of amides is 1. The van der Waals surface area contributed by atoms with Gasteiger partial charge in [0.2, 0.25) is 5.91 Å². The molecule has 1 aliphatic rings. The van der Waals surface area contributed by atoms with E-state index in [1.165, 1.54) is 0 Å². The summed E-state index contributed by atoms with van der Waals surface area (Å²) in [7, 11) is 0. The Bertz CT molecular complexity index is 261. The largest absolute Gasteiger partial charge is 0.380 e. The number of hydrogen-bond donors (Lipinski definition) is 2. The quantitative estimate of drug-likeness (QED) is 0.760. The van der Waals surface area contributed by atoms with Crippen LogP contribution in [-0.4, -0.2) is 31.7 Å². The average molecular weight is 256 g/mol. The first-order chi connectivity index (χ1) is 8.54. The zero-order valence-electron chi connectivity index (χ0n) is 12.0. The predicted molar refractivity (Wildman–Crippen MR) is 73.2 cm³/mol. The molecule has 1 fully saturated rings. The van der Waals surface area contributed by atoms with Crippen LogP contribution in [0.25, 0.3) is 0 Å². The molecule has 3 N–H and O–H groups in total. The minimum atomic E-state index is -0.340. The van der Waals surface area contributed by atoms with Crippen LogP contribution in [-0.2, 0) is 9.53 Å². The second-order valence-corrected chi connectivity index (χ2v) is 5.70. The normalized spacial score (nSPS) is 29.9. The highest BCUT2D eigenvalue weighted by Gasteiger charge is 2.40. The van der Waals surface area contributed by atoms with Gasteiger partial charge in [-0.1, -0.05) is 6.92 Å². The monoisotopic (exact) mass is 256 g/mol. The van der Waals surface area contributed by atoms with Crippen molar-refractivity contribution in [2.75, 3.05) is 19.8 Å². The van der Waals surface area contributed by atoms with Crippen molar-refractivity contribution in [3.8, 4) is 0 Å². The fourth-order valence-electron chi connectivity index (χ4n) is 2.55. The number of hydrogen-bond acceptors (Lipinski definition) is 3. The Labute approximate surface area is 111 Å². The Morgan fingerprint density at radius 2 is 2.11 bits per heavy atom. The van der Waals surface area contributed by atoms with E-state index in [0.717, 1.165) is 31.6 Å². The van der Waals surface area contributed by atoms with Crippen LogP contribution in [0.3, 0.4) is 0 Å². The van der Waals surface area contributed by atoms with E-state index in [0.29, 0.717) is 19.8 Å². The molecule has 1 saturated carbocycles. The molecule has 106 valence electrons. The highest BCUT2D eigenvalue weighted by atomic mass is 16.5. The lowest BCUT2D eigenvalue weighted by Gasteiger charge is -2.37. The first-order valence-corrected chi connectivity index (χ1v) is 7.13. The van der Waals surface area contributed by atoms with Crippen molar-refractivity contribution in [3.63, 3.8) is 0 Å². The van der Waals surface area contributed by atoms with Crippen LogP contribution in [0.15, 0.2) is 0 Å². The molecule has 1 rings (SSSR count). The highest BCUT2D eigenvalue weighted by molar-refractivity contribution is 5.83. The van der Waals surface area contributed by atoms with Gasteiger partial charge in [-0.3, -0.25) is 4.79 Å². The SMILES string of the molecule is CCOCC(C)NC(=O)C1(CN)CCC(C)CC1. The standard InChI is InChI=1S/C14H28N2O2/c1-4-18-9-12(3)16-13(17)14(10-15)7-5-11(2)6-8-14/h11-12H,4-10,15H2,1-3H3,(H,16,17). The molecule has 18 heavy (non-hydrogen) atoms. The highest BCUT2D eigenvalue weighted by Crippen LogP contribution is 2.38. The van der Waals surface area contributed by atoms with Crippen LogP contribution in [0.5, 0.6) is 0 Å². The topological polar surface area (TPSA) is 64.3 Å². The van der Waals surface area contributed by atoms with Crippen molar-refractivity contribution < 1.29 is 9.53 Å².